The Kier molecular flexibility index (Phi) is 16.5. The lowest BCUT2D eigenvalue weighted by atomic mass is 10.0. The van der Waals surface area contributed by atoms with E-state index < -0.39 is 5.97 Å². The lowest BCUT2D eigenvalue weighted by Crippen LogP contribution is -2.17. The van der Waals surface area contributed by atoms with Crippen LogP contribution in [0.2, 0.25) is 0 Å². The molecular formula is C30H46N2O6. The Balaban J connectivity index is 0.000000380. The third-order valence-electron chi connectivity index (χ3n) is 5.66. The van der Waals surface area contributed by atoms with Crippen molar-refractivity contribution in [1.82, 2.24) is 0 Å². The number of hydrogen-bond acceptors (Lipinski definition) is 7. The minimum absolute atomic E-state index is 0.296. The molecule has 0 aliphatic rings. The number of hydrogen-bond donors (Lipinski definition) is 1. The molecule has 0 fully saturated rings. The summed E-state index contributed by atoms with van der Waals surface area (Å²) in [5, 5.41) is 9.22. The molecule has 2 aromatic carbocycles. The molecule has 8 heteroatoms. The summed E-state index contributed by atoms with van der Waals surface area (Å²) >= 11 is 0. The Morgan fingerprint density at radius 2 is 1.34 bits per heavy atom. The van der Waals surface area contributed by atoms with Crippen LogP contribution in [0, 0.1) is 0 Å². The molecule has 0 aliphatic heterocycles. The lowest BCUT2D eigenvalue weighted by molar-refractivity contribution is 0.0314. The SMILES string of the molecule is CCCCOCCOC(=O)c1ccccc1N(C)C.CCCCOCCc1cccc(C(=O)O)c1N(C)C. The van der Waals surface area contributed by atoms with Gasteiger partial charge in [0.2, 0.25) is 0 Å². The van der Waals surface area contributed by atoms with Crippen molar-refractivity contribution in [1.29, 1.82) is 0 Å². The summed E-state index contributed by atoms with van der Waals surface area (Å²) in [5.41, 5.74) is 3.58. The Bertz CT molecular complexity index is 962. The van der Waals surface area contributed by atoms with Crippen molar-refractivity contribution in [2.75, 3.05) is 71.0 Å². The number of carboxylic acid groups (broad SMARTS) is 1. The van der Waals surface area contributed by atoms with Crippen LogP contribution >= 0.6 is 0 Å². The van der Waals surface area contributed by atoms with Crippen LogP contribution in [0.15, 0.2) is 42.5 Å². The normalized spacial score (nSPS) is 10.4. The van der Waals surface area contributed by atoms with E-state index in [-0.39, 0.29) is 5.97 Å². The van der Waals surface area contributed by atoms with Crippen molar-refractivity contribution < 1.29 is 28.9 Å². The number of carboxylic acids is 1. The second kappa shape index (κ2) is 19.0. The first kappa shape index (κ1) is 32.9. The minimum Gasteiger partial charge on any atom is -0.478 e. The van der Waals surface area contributed by atoms with Crippen LogP contribution in [-0.4, -0.2) is 78.3 Å². The summed E-state index contributed by atoms with van der Waals surface area (Å²) in [6.07, 6.45) is 5.07. The molecule has 0 saturated carbocycles. The second-order valence-corrected chi connectivity index (χ2v) is 9.24. The van der Waals surface area contributed by atoms with E-state index in [1.165, 1.54) is 0 Å². The number of aromatic carboxylic acids is 1. The van der Waals surface area contributed by atoms with Gasteiger partial charge in [-0.3, -0.25) is 0 Å². The largest absolute Gasteiger partial charge is 0.478 e. The van der Waals surface area contributed by atoms with Gasteiger partial charge in [0.25, 0.3) is 0 Å². The van der Waals surface area contributed by atoms with Crippen LogP contribution in [0.5, 0.6) is 0 Å². The third kappa shape index (κ3) is 12.0. The molecule has 0 heterocycles. The Morgan fingerprint density at radius 1 is 0.737 bits per heavy atom. The van der Waals surface area contributed by atoms with E-state index in [1.807, 2.05) is 62.3 Å². The van der Waals surface area contributed by atoms with E-state index in [9.17, 15) is 14.7 Å². The van der Waals surface area contributed by atoms with Gasteiger partial charge in [-0.25, -0.2) is 9.59 Å². The molecule has 38 heavy (non-hydrogen) atoms. The number of para-hydroxylation sites is 2. The summed E-state index contributed by atoms with van der Waals surface area (Å²) in [7, 11) is 7.53. The molecule has 0 amide bonds. The summed E-state index contributed by atoms with van der Waals surface area (Å²) in [6, 6.07) is 12.8. The molecule has 0 unspecified atom stereocenters. The molecule has 0 bridgehead atoms. The zero-order valence-corrected chi connectivity index (χ0v) is 24.0. The Morgan fingerprint density at radius 3 is 1.92 bits per heavy atom. The molecule has 0 aliphatic carbocycles. The first-order valence-electron chi connectivity index (χ1n) is 13.4. The zero-order valence-electron chi connectivity index (χ0n) is 24.0. The van der Waals surface area contributed by atoms with E-state index >= 15 is 0 Å². The highest BCUT2D eigenvalue weighted by atomic mass is 16.6. The number of carbonyl (C=O) groups is 2. The highest BCUT2D eigenvalue weighted by Gasteiger charge is 2.15. The van der Waals surface area contributed by atoms with Gasteiger partial charge in [0.1, 0.15) is 6.61 Å². The van der Waals surface area contributed by atoms with Crippen molar-refractivity contribution in [3.8, 4) is 0 Å². The molecule has 2 aromatic rings. The smallest absolute Gasteiger partial charge is 0.340 e. The molecule has 2 rings (SSSR count). The standard InChI is InChI=1S/2C15H23NO3/c1-4-5-10-19-11-9-12-7-6-8-13(15(17)18)14(12)16(2)3;1-4-5-10-18-11-12-19-15(17)13-8-6-7-9-14(13)16(2)3/h6-8H,4-5,9-11H2,1-3H3,(H,17,18);6-9H,4-5,10-12H2,1-3H3. The Hall–Kier alpha value is -3.10. The molecule has 0 saturated heterocycles. The predicted octanol–water partition coefficient (Wildman–Crippen LogP) is 5.54. The van der Waals surface area contributed by atoms with Crippen molar-refractivity contribution in [2.45, 2.75) is 46.0 Å². The monoisotopic (exact) mass is 530 g/mol. The van der Waals surface area contributed by atoms with Crippen LogP contribution in [0.3, 0.4) is 0 Å². The number of anilines is 2. The van der Waals surface area contributed by atoms with Gasteiger partial charge < -0.3 is 29.1 Å². The first-order valence-corrected chi connectivity index (χ1v) is 13.4. The number of carbonyl (C=O) groups excluding carboxylic acids is 1. The van der Waals surface area contributed by atoms with E-state index in [0.717, 1.165) is 62.3 Å². The summed E-state index contributed by atoms with van der Waals surface area (Å²) < 4.78 is 16.1. The van der Waals surface area contributed by atoms with Gasteiger partial charge in [0, 0.05) is 41.4 Å². The molecule has 0 atom stereocenters. The average molecular weight is 531 g/mol. The second-order valence-electron chi connectivity index (χ2n) is 9.24. The topological polar surface area (TPSA) is 88.5 Å². The summed E-state index contributed by atoms with van der Waals surface area (Å²) in [6.45, 7) is 7.12. The quantitative estimate of drug-likeness (QED) is 0.224. The molecule has 0 spiro atoms. The van der Waals surface area contributed by atoms with E-state index in [1.54, 1.807) is 18.2 Å². The molecule has 0 aromatic heterocycles. The maximum absolute atomic E-state index is 12.0. The average Bonchev–Trinajstić information content (AvgIpc) is 2.90. The van der Waals surface area contributed by atoms with Crippen molar-refractivity contribution in [3.63, 3.8) is 0 Å². The van der Waals surface area contributed by atoms with Gasteiger partial charge >= 0.3 is 11.9 Å². The van der Waals surface area contributed by atoms with Crippen LogP contribution in [-0.2, 0) is 20.6 Å². The van der Waals surface area contributed by atoms with E-state index in [4.69, 9.17) is 14.2 Å². The fraction of sp³-hybridized carbons (Fsp3) is 0.533. The van der Waals surface area contributed by atoms with Crippen LogP contribution in [0.25, 0.3) is 0 Å². The Labute approximate surface area is 228 Å². The lowest BCUT2D eigenvalue weighted by Gasteiger charge is -2.20. The molecule has 212 valence electrons. The number of ether oxygens (including phenoxy) is 3. The van der Waals surface area contributed by atoms with Crippen molar-refractivity contribution >= 4 is 23.3 Å². The molecule has 0 radical (unpaired) electrons. The number of rotatable bonds is 16. The fourth-order valence-electron chi connectivity index (χ4n) is 3.68. The fourth-order valence-corrected chi connectivity index (χ4v) is 3.68. The van der Waals surface area contributed by atoms with Gasteiger partial charge in [-0.2, -0.15) is 0 Å². The molecule has 1 N–H and O–H groups in total. The number of esters is 1. The number of benzene rings is 2. The van der Waals surface area contributed by atoms with Crippen molar-refractivity contribution in [3.05, 3.63) is 59.2 Å². The van der Waals surface area contributed by atoms with Crippen molar-refractivity contribution in [2.24, 2.45) is 0 Å². The highest BCUT2D eigenvalue weighted by Crippen LogP contribution is 2.24. The summed E-state index contributed by atoms with van der Waals surface area (Å²) in [4.78, 5) is 26.9. The van der Waals surface area contributed by atoms with Crippen LogP contribution in [0.1, 0.15) is 65.8 Å². The van der Waals surface area contributed by atoms with Crippen LogP contribution < -0.4 is 9.80 Å². The molecule has 8 nitrogen and oxygen atoms in total. The van der Waals surface area contributed by atoms with Gasteiger partial charge in [-0.05, 0) is 43.0 Å². The highest BCUT2D eigenvalue weighted by molar-refractivity contribution is 5.96. The number of nitrogens with zero attached hydrogens (tertiary/aromatic N) is 2. The van der Waals surface area contributed by atoms with E-state index in [2.05, 4.69) is 13.8 Å². The van der Waals surface area contributed by atoms with Gasteiger partial charge in [-0.1, -0.05) is 51.0 Å². The number of unbranched alkanes of at least 4 members (excludes halogenated alkanes) is 2. The van der Waals surface area contributed by atoms with E-state index in [0.29, 0.717) is 30.9 Å². The maximum atomic E-state index is 12.0. The molecular weight excluding hydrogens is 484 g/mol. The van der Waals surface area contributed by atoms with Gasteiger partial charge in [0.15, 0.2) is 0 Å². The van der Waals surface area contributed by atoms with Gasteiger partial charge in [0.05, 0.1) is 35.7 Å². The predicted molar refractivity (Wildman–Crippen MR) is 154 cm³/mol. The summed E-state index contributed by atoms with van der Waals surface area (Å²) in [5.74, 6) is -1.19. The first-order chi connectivity index (χ1) is 18.2. The third-order valence-corrected chi connectivity index (χ3v) is 5.66. The van der Waals surface area contributed by atoms with Gasteiger partial charge in [-0.15, -0.1) is 0 Å². The minimum atomic E-state index is -0.891. The van der Waals surface area contributed by atoms with Crippen LogP contribution in [0.4, 0.5) is 11.4 Å². The zero-order chi connectivity index (χ0) is 28.3. The maximum Gasteiger partial charge on any atom is 0.340 e.